The summed E-state index contributed by atoms with van der Waals surface area (Å²) in [7, 11) is 0. The highest BCUT2D eigenvalue weighted by Gasteiger charge is 2.28. The first kappa shape index (κ1) is 10.8. The first-order chi connectivity index (χ1) is 7.11. The normalized spacial score (nSPS) is 20.9. The minimum atomic E-state index is 0.166. The molecule has 0 saturated carbocycles. The zero-order chi connectivity index (χ0) is 11.0. The summed E-state index contributed by atoms with van der Waals surface area (Å²) in [6, 6.07) is 0. The van der Waals surface area contributed by atoms with E-state index in [-0.39, 0.29) is 11.0 Å². The van der Waals surface area contributed by atoms with Crippen LogP contribution in [0.2, 0.25) is 0 Å². The first-order valence-corrected chi connectivity index (χ1v) is 6.38. The maximum atomic E-state index is 12.2. The van der Waals surface area contributed by atoms with E-state index >= 15 is 0 Å². The molecule has 0 spiro atoms. The van der Waals surface area contributed by atoms with Gasteiger partial charge in [-0.2, -0.15) is 11.8 Å². The molecule has 1 aliphatic heterocycles. The van der Waals surface area contributed by atoms with E-state index in [1.807, 2.05) is 20.8 Å². The van der Waals surface area contributed by atoms with Crippen LogP contribution >= 0.6 is 11.8 Å². The largest absolute Gasteiger partial charge is 0.466 e. The fraction of sp³-hybridized carbons (Fsp3) is 0.583. The lowest BCUT2D eigenvalue weighted by molar-refractivity contribution is 0.0986. The van der Waals surface area contributed by atoms with Gasteiger partial charge in [-0.3, -0.25) is 4.79 Å². The van der Waals surface area contributed by atoms with Crippen LogP contribution in [0.25, 0.3) is 0 Å². The number of ketones is 1. The Morgan fingerprint density at radius 3 is 2.53 bits per heavy atom. The molecule has 2 nitrogen and oxygen atoms in total. The molecule has 82 valence electrons. The Labute approximate surface area is 94.4 Å². The van der Waals surface area contributed by atoms with E-state index in [9.17, 15) is 4.79 Å². The molecule has 1 aliphatic rings. The minimum absolute atomic E-state index is 0.166. The highest BCUT2D eigenvalue weighted by Crippen LogP contribution is 2.32. The molecule has 0 N–H and O–H groups in total. The monoisotopic (exact) mass is 224 g/mol. The lowest BCUT2D eigenvalue weighted by Crippen LogP contribution is -2.15. The summed E-state index contributed by atoms with van der Waals surface area (Å²) in [6.07, 6.45) is 2.18. The summed E-state index contributed by atoms with van der Waals surface area (Å²) in [6.45, 7) is 5.77. The van der Waals surface area contributed by atoms with Gasteiger partial charge in [0.25, 0.3) is 0 Å². The maximum absolute atomic E-state index is 12.2. The molecule has 2 rings (SSSR count). The highest BCUT2D eigenvalue weighted by atomic mass is 32.2. The molecule has 0 amide bonds. The number of Topliss-reactive ketones (excluding diaryl/α,β-unsaturated/α-hetero) is 1. The van der Waals surface area contributed by atoms with Crippen molar-refractivity contribution in [1.29, 1.82) is 0 Å². The van der Waals surface area contributed by atoms with E-state index in [0.717, 1.165) is 41.2 Å². The topological polar surface area (TPSA) is 30.2 Å². The van der Waals surface area contributed by atoms with Crippen molar-refractivity contribution in [2.24, 2.45) is 0 Å². The standard InChI is InChI=1S/C12H16O2S/c1-7-8(2)14-9(3)11(7)12(13)10-5-4-6-15-10/h10H,4-6H2,1-3H3. The SMILES string of the molecule is Cc1oc(C)c(C(=O)C2CCCS2)c1C. The highest BCUT2D eigenvalue weighted by molar-refractivity contribution is 8.00. The summed E-state index contributed by atoms with van der Waals surface area (Å²) < 4.78 is 5.50. The van der Waals surface area contributed by atoms with Crippen molar-refractivity contribution in [2.45, 2.75) is 38.9 Å². The van der Waals surface area contributed by atoms with Gasteiger partial charge in [0.1, 0.15) is 11.5 Å². The second kappa shape index (κ2) is 4.05. The average molecular weight is 224 g/mol. The van der Waals surface area contributed by atoms with Crippen molar-refractivity contribution >= 4 is 17.5 Å². The van der Waals surface area contributed by atoms with Gasteiger partial charge in [0.15, 0.2) is 5.78 Å². The molecule has 1 atom stereocenters. The van der Waals surface area contributed by atoms with Gasteiger partial charge in [-0.05, 0) is 39.4 Å². The molecule has 1 fully saturated rings. The van der Waals surface area contributed by atoms with Crippen LogP contribution in [-0.4, -0.2) is 16.8 Å². The second-order valence-corrected chi connectivity index (χ2v) is 5.39. The third kappa shape index (κ3) is 1.85. The first-order valence-electron chi connectivity index (χ1n) is 5.33. The van der Waals surface area contributed by atoms with E-state index in [1.54, 1.807) is 11.8 Å². The fourth-order valence-electron chi connectivity index (χ4n) is 2.10. The van der Waals surface area contributed by atoms with Crippen LogP contribution in [0.4, 0.5) is 0 Å². The lowest BCUT2D eigenvalue weighted by Gasteiger charge is -2.06. The molecule has 2 heterocycles. The second-order valence-electron chi connectivity index (χ2n) is 4.08. The molecule has 0 aromatic carbocycles. The lowest BCUT2D eigenvalue weighted by atomic mass is 10.0. The Morgan fingerprint density at radius 1 is 1.33 bits per heavy atom. The van der Waals surface area contributed by atoms with Gasteiger partial charge in [0.2, 0.25) is 0 Å². The summed E-state index contributed by atoms with van der Waals surface area (Å²) in [4.78, 5) is 12.2. The molecule has 1 saturated heterocycles. The fourth-order valence-corrected chi connectivity index (χ4v) is 3.32. The van der Waals surface area contributed by atoms with E-state index in [0.29, 0.717) is 0 Å². The summed E-state index contributed by atoms with van der Waals surface area (Å²) >= 11 is 1.78. The predicted octanol–water partition coefficient (Wildman–Crippen LogP) is 3.28. The number of rotatable bonds is 2. The quantitative estimate of drug-likeness (QED) is 0.722. The van der Waals surface area contributed by atoms with Crippen molar-refractivity contribution in [3.63, 3.8) is 0 Å². The van der Waals surface area contributed by atoms with Crippen molar-refractivity contribution in [3.8, 4) is 0 Å². The van der Waals surface area contributed by atoms with Crippen LogP contribution in [0.3, 0.4) is 0 Å². The zero-order valence-electron chi connectivity index (χ0n) is 9.42. The maximum Gasteiger partial charge on any atom is 0.179 e. The molecular weight excluding hydrogens is 208 g/mol. The molecule has 0 aliphatic carbocycles. The van der Waals surface area contributed by atoms with Crippen LogP contribution in [-0.2, 0) is 0 Å². The number of aryl methyl sites for hydroxylation is 2. The van der Waals surface area contributed by atoms with Crippen molar-refractivity contribution in [1.82, 2.24) is 0 Å². The van der Waals surface area contributed by atoms with Gasteiger partial charge in [-0.1, -0.05) is 0 Å². The number of furan rings is 1. The third-order valence-electron chi connectivity index (χ3n) is 3.03. The molecule has 0 radical (unpaired) electrons. The van der Waals surface area contributed by atoms with Crippen LogP contribution in [0.5, 0.6) is 0 Å². The minimum Gasteiger partial charge on any atom is -0.466 e. The van der Waals surface area contributed by atoms with E-state index in [2.05, 4.69) is 0 Å². The summed E-state index contributed by atoms with van der Waals surface area (Å²) in [5, 5.41) is 0.166. The van der Waals surface area contributed by atoms with E-state index < -0.39 is 0 Å². The average Bonchev–Trinajstić information content (AvgIpc) is 2.76. The van der Waals surface area contributed by atoms with Gasteiger partial charge in [0.05, 0.1) is 10.8 Å². The third-order valence-corrected chi connectivity index (χ3v) is 4.41. The molecule has 0 bridgehead atoms. The zero-order valence-corrected chi connectivity index (χ0v) is 10.2. The van der Waals surface area contributed by atoms with Crippen molar-refractivity contribution in [3.05, 3.63) is 22.6 Å². The van der Waals surface area contributed by atoms with Gasteiger partial charge in [0, 0.05) is 5.56 Å². The Bertz CT molecular complexity index is 387. The Hall–Kier alpha value is -0.700. The molecule has 1 aromatic rings. The number of thioether (sulfide) groups is 1. The van der Waals surface area contributed by atoms with Crippen LogP contribution in [0.15, 0.2) is 4.42 Å². The number of hydrogen-bond donors (Lipinski definition) is 0. The van der Waals surface area contributed by atoms with E-state index in [4.69, 9.17) is 4.42 Å². The molecular formula is C12H16O2S. The van der Waals surface area contributed by atoms with Gasteiger partial charge in [-0.25, -0.2) is 0 Å². The van der Waals surface area contributed by atoms with Crippen molar-refractivity contribution < 1.29 is 9.21 Å². The number of hydrogen-bond acceptors (Lipinski definition) is 3. The number of carbonyl (C=O) groups excluding carboxylic acids is 1. The van der Waals surface area contributed by atoms with Crippen molar-refractivity contribution in [2.75, 3.05) is 5.75 Å². The molecule has 1 unspecified atom stereocenters. The van der Waals surface area contributed by atoms with E-state index in [1.165, 1.54) is 0 Å². The van der Waals surface area contributed by atoms with Crippen LogP contribution in [0.1, 0.15) is 40.3 Å². The Morgan fingerprint density at radius 2 is 2.07 bits per heavy atom. The summed E-state index contributed by atoms with van der Waals surface area (Å²) in [5.41, 5.74) is 1.84. The number of carbonyl (C=O) groups is 1. The molecule has 1 aromatic heterocycles. The smallest absolute Gasteiger partial charge is 0.179 e. The molecule has 3 heteroatoms. The van der Waals surface area contributed by atoms with Gasteiger partial charge >= 0.3 is 0 Å². The van der Waals surface area contributed by atoms with Crippen LogP contribution < -0.4 is 0 Å². The summed E-state index contributed by atoms with van der Waals surface area (Å²) in [5.74, 6) is 3.04. The van der Waals surface area contributed by atoms with Gasteiger partial charge < -0.3 is 4.42 Å². The Balaban J connectivity index is 2.32. The predicted molar refractivity (Wildman–Crippen MR) is 62.7 cm³/mol. The Kier molecular flexibility index (Phi) is 2.91. The van der Waals surface area contributed by atoms with Gasteiger partial charge in [-0.15, -0.1) is 0 Å². The van der Waals surface area contributed by atoms with Crippen LogP contribution in [0, 0.1) is 20.8 Å². The molecule has 15 heavy (non-hydrogen) atoms.